The number of hydrogen-bond acceptors (Lipinski definition) is 3. The lowest BCUT2D eigenvalue weighted by Gasteiger charge is -2.28. The fourth-order valence-corrected chi connectivity index (χ4v) is 5.66. The Balaban J connectivity index is 1.70. The molecule has 6 rings (SSSR count). The average Bonchev–Trinajstić information content (AvgIpc) is 3.36. The molecule has 4 aromatic carbocycles. The fourth-order valence-electron chi connectivity index (χ4n) is 5.66. The van der Waals surface area contributed by atoms with Crippen LogP contribution >= 0.6 is 0 Å². The second-order valence-electron chi connectivity index (χ2n) is 11.9. The van der Waals surface area contributed by atoms with Crippen LogP contribution in [0.15, 0.2) is 109 Å². The van der Waals surface area contributed by atoms with Crippen LogP contribution in [0.4, 0.5) is 0 Å². The van der Waals surface area contributed by atoms with Gasteiger partial charge in [-0.25, -0.2) is 4.98 Å². The largest absolute Gasteiger partial charge is 0.507 e. The molecule has 1 N–H and O–H groups in total. The van der Waals surface area contributed by atoms with Crippen LogP contribution in [0.25, 0.3) is 50.5 Å². The van der Waals surface area contributed by atoms with Crippen LogP contribution in [-0.4, -0.2) is 19.6 Å². The summed E-state index contributed by atoms with van der Waals surface area (Å²) in [6, 6.07) is 34.9. The third-order valence-corrected chi connectivity index (χ3v) is 7.69. The van der Waals surface area contributed by atoms with E-state index in [-0.39, 0.29) is 11.2 Å². The molecule has 0 saturated heterocycles. The molecule has 0 saturated carbocycles. The van der Waals surface area contributed by atoms with Gasteiger partial charge in [0, 0.05) is 17.3 Å². The van der Waals surface area contributed by atoms with Gasteiger partial charge in [0.2, 0.25) is 0 Å². The Morgan fingerprint density at radius 1 is 0.732 bits per heavy atom. The maximum absolute atomic E-state index is 11.1. The van der Waals surface area contributed by atoms with Gasteiger partial charge < -0.3 is 5.11 Å². The molecule has 0 fully saturated rings. The summed E-state index contributed by atoms with van der Waals surface area (Å²) in [5.74, 6) is 1.23. The van der Waals surface area contributed by atoms with Crippen LogP contribution in [0.3, 0.4) is 0 Å². The summed E-state index contributed by atoms with van der Waals surface area (Å²) in [5.41, 5.74) is 10.2. The summed E-state index contributed by atoms with van der Waals surface area (Å²) in [4.78, 5) is 9.87. The lowest BCUT2D eigenvalue weighted by Crippen LogP contribution is -2.18. The number of nitrogens with zero attached hydrogens (tertiary/aromatic N) is 3. The molecule has 0 atom stereocenters. The van der Waals surface area contributed by atoms with Crippen molar-refractivity contribution < 1.29 is 5.11 Å². The van der Waals surface area contributed by atoms with Gasteiger partial charge in [0.25, 0.3) is 0 Å². The van der Waals surface area contributed by atoms with Crippen molar-refractivity contribution in [2.24, 2.45) is 0 Å². The van der Waals surface area contributed by atoms with E-state index in [2.05, 4.69) is 105 Å². The molecule has 0 bridgehead atoms. The number of pyridine rings is 1. The maximum Gasteiger partial charge on any atom is 0.149 e. The first-order chi connectivity index (χ1) is 19.7. The van der Waals surface area contributed by atoms with Gasteiger partial charge in [-0.3, -0.25) is 9.55 Å². The van der Waals surface area contributed by atoms with Crippen LogP contribution in [-0.2, 0) is 5.41 Å². The quantitative estimate of drug-likeness (QED) is 0.238. The number of phenols is 1. The maximum atomic E-state index is 11.1. The second kappa shape index (κ2) is 10.4. The standard InChI is InChI=1S/C37H35N3O/c1-24(2)27-16-11-18-30(37(3,4)5)35(27)40-32-20-12-17-28(34(32)39-36(40)29-15-6-7-21-33(29)41)25-13-10-14-26(23-25)31-19-8-9-22-38-31/h6-24,41H,1-5H3. The minimum Gasteiger partial charge on any atom is -0.507 e. The molecule has 0 unspecified atom stereocenters. The van der Waals surface area contributed by atoms with E-state index in [1.165, 1.54) is 11.1 Å². The number of imidazole rings is 1. The number of aromatic hydroxyl groups is 1. The number of aromatic nitrogens is 3. The zero-order chi connectivity index (χ0) is 28.7. The number of fused-ring (bicyclic) bond motifs is 1. The third kappa shape index (κ3) is 4.80. The molecule has 0 aliphatic carbocycles. The van der Waals surface area contributed by atoms with Gasteiger partial charge in [-0.05, 0) is 64.4 Å². The Hall–Kier alpha value is -4.70. The molecule has 2 heterocycles. The number of phenolic OH excluding ortho intramolecular Hbond substituents is 1. The molecular formula is C37H35N3O. The summed E-state index contributed by atoms with van der Waals surface area (Å²) >= 11 is 0. The van der Waals surface area contributed by atoms with E-state index in [4.69, 9.17) is 4.98 Å². The van der Waals surface area contributed by atoms with Crippen LogP contribution in [0, 0.1) is 0 Å². The average molecular weight is 538 g/mol. The first-order valence-corrected chi connectivity index (χ1v) is 14.2. The molecular weight excluding hydrogens is 502 g/mol. The third-order valence-electron chi connectivity index (χ3n) is 7.69. The molecule has 0 spiro atoms. The van der Waals surface area contributed by atoms with Crippen molar-refractivity contribution in [3.8, 4) is 45.2 Å². The number of hydrogen-bond donors (Lipinski definition) is 1. The number of rotatable bonds is 5. The van der Waals surface area contributed by atoms with E-state index >= 15 is 0 Å². The molecule has 4 nitrogen and oxygen atoms in total. The Bertz CT molecular complexity index is 1860. The second-order valence-corrected chi connectivity index (χ2v) is 11.9. The first kappa shape index (κ1) is 26.5. The van der Waals surface area contributed by atoms with Gasteiger partial charge in [-0.15, -0.1) is 0 Å². The smallest absolute Gasteiger partial charge is 0.149 e. The van der Waals surface area contributed by atoms with Gasteiger partial charge in [-0.1, -0.05) is 101 Å². The highest BCUT2D eigenvalue weighted by Crippen LogP contribution is 2.42. The van der Waals surface area contributed by atoms with Gasteiger partial charge in [0.15, 0.2) is 0 Å². The SMILES string of the molecule is CC(C)c1cccc(C(C)(C)C)c1-n1c(-c2ccccc2O)nc2c(-c3cccc(-c4ccccn4)c3)cccc21. The van der Waals surface area contributed by atoms with Crippen molar-refractivity contribution >= 4 is 11.0 Å². The molecule has 4 heteroatoms. The van der Waals surface area contributed by atoms with Crippen LogP contribution < -0.4 is 0 Å². The first-order valence-electron chi connectivity index (χ1n) is 14.2. The van der Waals surface area contributed by atoms with Gasteiger partial charge >= 0.3 is 0 Å². The van der Waals surface area contributed by atoms with Crippen molar-refractivity contribution in [2.75, 3.05) is 0 Å². The Morgan fingerprint density at radius 3 is 2.17 bits per heavy atom. The van der Waals surface area contributed by atoms with Crippen molar-refractivity contribution in [3.05, 3.63) is 120 Å². The number of benzene rings is 4. The van der Waals surface area contributed by atoms with Crippen LogP contribution in [0.1, 0.15) is 51.7 Å². The minimum absolute atomic E-state index is 0.110. The predicted octanol–water partition coefficient (Wildman–Crippen LogP) is 9.55. The van der Waals surface area contributed by atoms with Crippen molar-refractivity contribution in [1.29, 1.82) is 0 Å². The molecule has 0 amide bonds. The van der Waals surface area contributed by atoms with E-state index in [0.717, 1.165) is 44.9 Å². The van der Waals surface area contributed by atoms with Crippen LogP contribution in [0.5, 0.6) is 5.75 Å². The summed E-state index contributed by atoms with van der Waals surface area (Å²) < 4.78 is 2.27. The molecule has 6 aromatic rings. The molecule has 41 heavy (non-hydrogen) atoms. The lowest BCUT2D eigenvalue weighted by molar-refractivity contribution is 0.477. The monoisotopic (exact) mass is 537 g/mol. The van der Waals surface area contributed by atoms with Gasteiger partial charge in [0.1, 0.15) is 11.6 Å². The van der Waals surface area contributed by atoms with Gasteiger partial charge in [-0.2, -0.15) is 0 Å². The summed E-state index contributed by atoms with van der Waals surface area (Å²) in [7, 11) is 0. The molecule has 0 radical (unpaired) electrons. The minimum atomic E-state index is -0.110. The van der Waals surface area contributed by atoms with Crippen molar-refractivity contribution in [2.45, 2.75) is 46.0 Å². The molecule has 0 aliphatic heterocycles. The molecule has 204 valence electrons. The summed E-state index contributed by atoms with van der Waals surface area (Å²) in [6.45, 7) is 11.2. The van der Waals surface area contributed by atoms with E-state index in [1.807, 2.05) is 42.6 Å². The molecule has 0 aliphatic rings. The topological polar surface area (TPSA) is 50.9 Å². The summed E-state index contributed by atoms with van der Waals surface area (Å²) in [5, 5.41) is 11.1. The zero-order valence-electron chi connectivity index (χ0n) is 24.3. The summed E-state index contributed by atoms with van der Waals surface area (Å²) in [6.07, 6.45) is 1.82. The Kier molecular flexibility index (Phi) is 6.70. The van der Waals surface area contributed by atoms with Gasteiger partial charge in [0.05, 0.1) is 28.0 Å². The molecule has 2 aromatic heterocycles. The van der Waals surface area contributed by atoms with E-state index < -0.39 is 0 Å². The normalized spacial score (nSPS) is 11.9. The van der Waals surface area contributed by atoms with E-state index in [9.17, 15) is 5.11 Å². The Labute approximate surface area is 242 Å². The van der Waals surface area contributed by atoms with E-state index in [0.29, 0.717) is 11.5 Å². The zero-order valence-corrected chi connectivity index (χ0v) is 24.3. The van der Waals surface area contributed by atoms with Crippen LogP contribution in [0.2, 0.25) is 0 Å². The highest BCUT2D eigenvalue weighted by atomic mass is 16.3. The lowest BCUT2D eigenvalue weighted by atomic mass is 9.82. The highest BCUT2D eigenvalue weighted by Gasteiger charge is 2.27. The van der Waals surface area contributed by atoms with E-state index in [1.54, 1.807) is 6.07 Å². The van der Waals surface area contributed by atoms with Crippen molar-refractivity contribution in [3.63, 3.8) is 0 Å². The Morgan fingerprint density at radius 2 is 1.44 bits per heavy atom. The van der Waals surface area contributed by atoms with Crippen molar-refractivity contribution in [1.82, 2.24) is 14.5 Å². The highest BCUT2D eigenvalue weighted by molar-refractivity contribution is 5.96. The predicted molar refractivity (Wildman–Crippen MR) is 170 cm³/mol. The number of para-hydroxylation sites is 3. The fraction of sp³-hybridized carbons (Fsp3) is 0.189.